The van der Waals surface area contributed by atoms with Gasteiger partial charge >= 0.3 is 0 Å². The summed E-state index contributed by atoms with van der Waals surface area (Å²) in [6.07, 6.45) is 1.04. The molecule has 0 N–H and O–H groups in total. The fourth-order valence-corrected chi connectivity index (χ4v) is 0.956. The van der Waals surface area contributed by atoms with E-state index in [0.717, 1.165) is 25.5 Å². The van der Waals surface area contributed by atoms with Crippen molar-refractivity contribution in [2.24, 2.45) is 10.9 Å². The van der Waals surface area contributed by atoms with E-state index in [9.17, 15) is 0 Å². The van der Waals surface area contributed by atoms with Crippen LogP contribution in [-0.2, 0) is 4.74 Å². The van der Waals surface area contributed by atoms with Crippen molar-refractivity contribution in [1.29, 1.82) is 0 Å². The van der Waals surface area contributed by atoms with Crippen LogP contribution >= 0.6 is 0 Å². The molecule has 0 fully saturated rings. The second-order valence-corrected chi connectivity index (χ2v) is 2.48. The molecule has 0 bridgehead atoms. The molecule has 1 unspecified atom stereocenters. The van der Waals surface area contributed by atoms with Gasteiger partial charge in [0.25, 0.3) is 0 Å². The monoisotopic (exact) mass is 127 g/mol. The van der Waals surface area contributed by atoms with Crippen molar-refractivity contribution in [2.45, 2.75) is 20.3 Å². The number of ether oxygens (including phenoxy) is 1. The largest absolute Gasteiger partial charge is 0.481 e. The number of aliphatic imine (C=N–C) groups is 1. The lowest BCUT2D eigenvalue weighted by atomic mass is 10.1. The molecular formula is C7H13NO. The zero-order valence-electron chi connectivity index (χ0n) is 6.05. The maximum Gasteiger partial charge on any atom is 0.183 e. The molecule has 1 rings (SSSR count). The molecular weight excluding hydrogens is 114 g/mol. The van der Waals surface area contributed by atoms with Crippen LogP contribution in [-0.4, -0.2) is 19.0 Å². The van der Waals surface area contributed by atoms with Crippen LogP contribution < -0.4 is 0 Å². The summed E-state index contributed by atoms with van der Waals surface area (Å²) in [6.45, 7) is 5.89. The fraction of sp³-hybridized carbons (Fsp3) is 0.857. The minimum atomic E-state index is 0.701. The van der Waals surface area contributed by atoms with Crippen LogP contribution in [0.15, 0.2) is 4.99 Å². The third-order valence-electron chi connectivity index (χ3n) is 1.41. The number of rotatable bonds is 1. The van der Waals surface area contributed by atoms with Crippen molar-refractivity contribution in [3.63, 3.8) is 0 Å². The highest BCUT2D eigenvalue weighted by Crippen LogP contribution is 2.12. The molecule has 2 heteroatoms. The van der Waals surface area contributed by atoms with E-state index in [1.165, 1.54) is 0 Å². The first-order valence-corrected chi connectivity index (χ1v) is 3.49. The lowest BCUT2D eigenvalue weighted by Gasteiger charge is -2.00. The summed E-state index contributed by atoms with van der Waals surface area (Å²) in [5, 5.41) is 0. The highest BCUT2D eigenvalue weighted by molar-refractivity contribution is 5.77. The van der Waals surface area contributed by atoms with Crippen molar-refractivity contribution in [3.8, 4) is 0 Å². The number of nitrogens with zero attached hydrogens (tertiary/aromatic N) is 1. The molecule has 0 saturated carbocycles. The van der Waals surface area contributed by atoms with Gasteiger partial charge in [-0.1, -0.05) is 6.92 Å². The molecule has 52 valence electrons. The Kier molecular flexibility index (Phi) is 2.09. The van der Waals surface area contributed by atoms with Crippen LogP contribution in [0.3, 0.4) is 0 Å². The summed E-state index contributed by atoms with van der Waals surface area (Å²) >= 11 is 0. The highest BCUT2D eigenvalue weighted by atomic mass is 16.5. The predicted octanol–water partition coefficient (Wildman–Crippen LogP) is 1.46. The molecule has 9 heavy (non-hydrogen) atoms. The summed E-state index contributed by atoms with van der Waals surface area (Å²) in [5.74, 6) is 1.65. The number of hydrogen-bond acceptors (Lipinski definition) is 2. The van der Waals surface area contributed by atoms with Gasteiger partial charge in [-0.15, -0.1) is 0 Å². The van der Waals surface area contributed by atoms with Gasteiger partial charge in [-0.05, 0) is 12.8 Å². The zero-order chi connectivity index (χ0) is 6.69. The average molecular weight is 127 g/mol. The molecule has 1 atom stereocenters. The Bertz CT molecular complexity index is 120. The van der Waals surface area contributed by atoms with E-state index >= 15 is 0 Å². The molecule has 0 amide bonds. The molecule has 0 radical (unpaired) electrons. The second kappa shape index (κ2) is 2.85. The maximum absolute atomic E-state index is 5.22. The first-order valence-electron chi connectivity index (χ1n) is 3.49. The van der Waals surface area contributed by atoms with Crippen LogP contribution in [0.2, 0.25) is 0 Å². The topological polar surface area (TPSA) is 21.6 Å². The van der Waals surface area contributed by atoms with Gasteiger partial charge in [-0.3, -0.25) is 4.99 Å². The van der Waals surface area contributed by atoms with Gasteiger partial charge in [0.1, 0.15) is 0 Å². The summed E-state index contributed by atoms with van der Waals surface area (Å²) in [4.78, 5) is 4.20. The van der Waals surface area contributed by atoms with E-state index in [1.54, 1.807) is 0 Å². The van der Waals surface area contributed by atoms with E-state index in [0.29, 0.717) is 5.92 Å². The van der Waals surface area contributed by atoms with E-state index in [-0.39, 0.29) is 0 Å². The Labute approximate surface area is 55.9 Å². The van der Waals surface area contributed by atoms with Gasteiger partial charge in [0.2, 0.25) is 0 Å². The van der Waals surface area contributed by atoms with Gasteiger partial charge in [0.05, 0.1) is 6.61 Å². The molecule has 1 heterocycles. The zero-order valence-corrected chi connectivity index (χ0v) is 6.05. The van der Waals surface area contributed by atoms with Gasteiger partial charge in [-0.25, -0.2) is 0 Å². The fourth-order valence-electron chi connectivity index (χ4n) is 0.956. The Morgan fingerprint density at radius 3 is 3.00 bits per heavy atom. The first-order chi connectivity index (χ1) is 4.33. The standard InChI is InChI=1S/C7H13NO/c1-3-9-7-4-6(2)5-8-7/h6H,3-5H2,1-2H3. The summed E-state index contributed by atoms with van der Waals surface area (Å²) in [5.41, 5.74) is 0. The molecule has 2 nitrogen and oxygen atoms in total. The predicted molar refractivity (Wildman–Crippen MR) is 37.7 cm³/mol. The molecule has 0 saturated heterocycles. The van der Waals surface area contributed by atoms with Gasteiger partial charge in [0.15, 0.2) is 5.90 Å². The summed E-state index contributed by atoms with van der Waals surface area (Å²) in [7, 11) is 0. The van der Waals surface area contributed by atoms with Crippen LogP contribution in [0.1, 0.15) is 20.3 Å². The Morgan fingerprint density at radius 2 is 2.56 bits per heavy atom. The third-order valence-corrected chi connectivity index (χ3v) is 1.41. The van der Waals surface area contributed by atoms with Crippen molar-refractivity contribution in [2.75, 3.05) is 13.2 Å². The van der Waals surface area contributed by atoms with E-state index in [4.69, 9.17) is 4.74 Å². The molecule has 0 aromatic heterocycles. The molecule has 0 spiro atoms. The van der Waals surface area contributed by atoms with Gasteiger partial charge in [0, 0.05) is 13.0 Å². The molecule has 0 aromatic rings. The Balaban J connectivity index is 2.27. The van der Waals surface area contributed by atoms with E-state index < -0.39 is 0 Å². The van der Waals surface area contributed by atoms with Crippen molar-refractivity contribution in [3.05, 3.63) is 0 Å². The maximum atomic E-state index is 5.22. The molecule has 1 aliphatic heterocycles. The van der Waals surface area contributed by atoms with Crippen molar-refractivity contribution >= 4 is 5.90 Å². The SMILES string of the molecule is CCOC1=NCC(C)C1. The lowest BCUT2D eigenvalue weighted by molar-refractivity contribution is 0.318. The quantitative estimate of drug-likeness (QED) is 0.522. The minimum absolute atomic E-state index is 0.701. The minimum Gasteiger partial charge on any atom is -0.481 e. The lowest BCUT2D eigenvalue weighted by Crippen LogP contribution is -2.02. The Morgan fingerprint density at radius 1 is 1.78 bits per heavy atom. The number of hydrogen-bond donors (Lipinski definition) is 0. The van der Waals surface area contributed by atoms with Crippen LogP contribution in [0.5, 0.6) is 0 Å². The average Bonchev–Trinajstić information content (AvgIpc) is 2.17. The molecule has 1 aliphatic rings. The third kappa shape index (κ3) is 1.70. The summed E-state index contributed by atoms with van der Waals surface area (Å²) in [6, 6.07) is 0. The highest BCUT2D eigenvalue weighted by Gasteiger charge is 2.13. The van der Waals surface area contributed by atoms with Crippen LogP contribution in [0.25, 0.3) is 0 Å². The summed E-state index contributed by atoms with van der Waals surface area (Å²) < 4.78 is 5.22. The van der Waals surface area contributed by atoms with Crippen LogP contribution in [0, 0.1) is 5.92 Å². The van der Waals surface area contributed by atoms with Crippen molar-refractivity contribution < 1.29 is 4.74 Å². The second-order valence-electron chi connectivity index (χ2n) is 2.48. The smallest absolute Gasteiger partial charge is 0.183 e. The van der Waals surface area contributed by atoms with Crippen molar-refractivity contribution in [1.82, 2.24) is 0 Å². The normalized spacial score (nSPS) is 26.0. The van der Waals surface area contributed by atoms with E-state index in [2.05, 4.69) is 11.9 Å². The molecule has 0 aromatic carbocycles. The van der Waals surface area contributed by atoms with Gasteiger partial charge < -0.3 is 4.74 Å². The first kappa shape index (κ1) is 6.59. The Hall–Kier alpha value is -0.530. The molecule has 0 aliphatic carbocycles. The van der Waals surface area contributed by atoms with Gasteiger partial charge in [-0.2, -0.15) is 0 Å². The van der Waals surface area contributed by atoms with E-state index in [1.807, 2.05) is 6.92 Å². The van der Waals surface area contributed by atoms with Crippen LogP contribution in [0.4, 0.5) is 0 Å².